The molecule has 0 spiro atoms. The van der Waals surface area contributed by atoms with Crippen LogP contribution in [0.5, 0.6) is 0 Å². The first kappa shape index (κ1) is 11.9. The number of amides is 1. The molecule has 0 heterocycles. The lowest BCUT2D eigenvalue weighted by Gasteiger charge is -2.05. The molecule has 2 nitrogen and oxygen atoms in total. The van der Waals surface area contributed by atoms with Crippen molar-refractivity contribution in [2.24, 2.45) is 0 Å². The van der Waals surface area contributed by atoms with Crippen LogP contribution in [0.25, 0.3) is 0 Å². The summed E-state index contributed by atoms with van der Waals surface area (Å²) < 4.78 is 23.6. The predicted molar refractivity (Wildman–Crippen MR) is 54.3 cm³/mol. The largest absolute Gasteiger partial charge is 0.346 e. The van der Waals surface area contributed by atoms with E-state index in [0.29, 0.717) is 5.56 Å². The zero-order valence-corrected chi connectivity index (χ0v) is 8.60. The molecule has 0 aliphatic heterocycles. The molecule has 82 valence electrons. The molecule has 0 saturated carbocycles. The molecule has 0 unspecified atom stereocenters. The van der Waals surface area contributed by atoms with Gasteiger partial charge in [-0.05, 0) is 17.7 Å². The number of hydrogen-bond donors (Lipinski definition) is 1. The Kier molecular flexibility index (Phi) is 4.49. The summed E-state index contributed by atoms with van der Waals surface area (Å²) in [6.45, 7) is -0.635. The highest BCUT2D eigenvalue weighted by Gasteiger charge is 2.08. The number of rotatable bonds is 4. The lowest BCUT2D eigenvalue weighted by atomic mass is 10.1. The van der Waals surface area contributed by atoms with Crippen molar-refractivity contribution in [3.63, 3.8) is 0 Å². The highest BCUT2D eigenvalue weighted by atomic mass is 35.5. The van der Waals surface area contributed by atoms with Crippen LogP contribution in [0.15, 0.2) is 24.3 Å². The summed E-state index contributed by atoms with van der Waals surface area (Å²) in [5.41, 5.74) is 1.12. The average Bonchev–Trinajstić information content (AvgIpc) is 2.26. The minimum absolute atomic E-state index is 0.288. The van der Waals surface area contributed by atoms with E-state index in [1.807, 2.05) is 0 Å². The number of carbonyl (C=O) groups excluding carboxylic acids is 1. The van der Waals surface area contributed by atoms with Crippen LogP contribution >= 0.6 is 11.6 Å². The molecular formula is C10H10ClF2NO. The molecule has 0 saturated heterocycles. The van der Waals surface area contributed by atoms with Gasteiger partial charge in [-0.3, -0.25) is 4.79 Å². The molecule has 0 aromatic heterocycles. The molecule has 0 radical (unpaired) electrons. The SMILES string of the molecule is O=C(NCC(F)F)c1cccc(CCl)c1. The van der Waals surface area contributed by atoms with Crippen LogP contribution in [-0.2, 0) is 5.88 Å². The van der Waals surface area contributed by atoms with Crippen molar-refractivity contribution in [3.8, 4) is 0 Å². The Bertz CT molecular complexity index is 344. The third kappa shape index (κ3) is 3.83. The third-order valence-electron chi connectivity index (χ3n) is 1.76. The zero-order chi connectivity index (χ0) is 11.3. The van der Waals surface area contributed by atoms with Crippen LogP contribution in [0, 0.1) is 0 Å². The van der Waals surface area contributed by atoms with Crippen LogP contribution in [0.1, 0.15) is 15.9 Å². The smallest absolute Gasteiger partial charge is 0.255 e. The first-order valence-electron chi connectivity index (χ1n) is 4.34. The molecular weight excluding hydrogens is 224 g/mol. The number of alkyl halides is 3. The van der Waals surface area contributed by atoms with Crippen LogP contribution < -0.4 is 5.32 Å². The summed E-state index contributed by atoms with van der Waals surface area (Å²) in [4.78, 5) is 11.3. The van der Waals surface area contributed by atoms with Gasteiger partial charge in [0, 0.05) is 11.4 Å². The minimum Gasteiger partial charge on any atom is -0.346 e. The molecule has 1 aromatic carbocycles. The Morgan fingerprint density at radius 2 is 2.20 bits per heavy atom. The van der Waals surface area contributed by atoms with Crippen LogP contribution in [0.3, 0.4) is 0 Å². The van der Waals surface area contributed by atoms with Crippen LogP contribution in [0.4, 0.5) is 8.78 Å². The van der Waals surface area contributed by atoms with Crippen molar-refractivity contribution in [3.05, 3.63) is 35.4 Å². The number of carbonyl (C=O) groups is 1. The van der Waals surface area contributed by atoms with Gasteiger partial charge in [0.2, 0.25) is 0 Å². The van der Waals surface area contributed by atoms with E-state index in [9.17, 15) is 13.6 Å². The van der Waals surface area contributed by atoms with E-state index >= 15 is 0 Å². The van der Waals surface area contributed by atoms with E-state index in [4.69, 9.17) is 11.6 Å². The number of nitrogens with one attached hydrogen (secondary N) is 1. The summed E-state index contributed by atoms with van der Waals surface area (Å²) in [6.07, 6.45) is -2.54. The van der Waals surface area contributed by atoms with E-state index in [-0.39, 0.29) is 5.88 Å². The fraction of sp³-hybridized carbons (Fsp3) is 0.300. The van der Waals surface area contributed by atoms with E-state index in [1.165, 1.54) is 0 Å². The Balaban J connectivity index is 2.65. The van der Waals surface area contributed by atoms with Crippen LogP contribution in [-0.4, -0.2) is 18.9 Å². The number of benzene rings is 1. The Morgan fingerprint density at radius 3 is 2.80 bits per heavy atom. The van der Waals surface area contributed by atoms with E-state index in [2.05, 4.69) is 5.32 Å². The first-order valence-corrected chi connectivity index (χ1v) is 4.88. The third-order valence-corrected chi connectivity index (χ3v) is 2.07. The van der Waals surface area contributed by atoms with Gasteiger partial charge in [0.25, 0.3) is 12.3 Å². The van der Waals surface area contributed by atoms with Crippen molar-refractivity contribution < 1.29 is 13.6 Å². The quantitative estimate of drug-likeness (QED) is 0.795. The van der Waals surface area contributed by atoms with Crippen molar-refractivity contribution >= 4 is 17.5 Å². The monoisotopic (exact) mass is 233 g/mol. The van der Waals surface area contributed by atoms with Crippen LogP contribution in [0.2, 0.25) is 0 Å². The van der Waals surface area contributed by atoms with Gasteiger partial charge in [-0.2, -0.15) is 0 Å². The van der Waals surface area contributed by atoms with Crippen molar-refractivity contribution in [2.75, 3.05) is 6.54 Å². The number of halogens is 3. The lowest BCUT2D eigenvalue weighted by Crippen LogP contribution is -2.28. The van der Waals surface area contributed by atoms with Crippen molar-refractivity contribution in [1.82, 2.24) is 5.32 Å². The van der Waals surface area contributed by atoms with Gasteiger partial charge in [0.1, 0.15) is 0 Å². The second-order valence-corrected chi connectivity index (χ2v) is 3.20. The zero-order valence-electron chi connectivity index (χ0n) is 7.84. The lowest BCUT2D eigenvalue weighted by molar-refractivity contribution is 0.0891. The summed E-state index contributed by atoms with van der Waals surface area (Å²) in [5.74, 6) is -0.224. The Labute approximate surface area is 91.2 Å². The molecule has 0 aliphatic rings. The van der Waals surface area contributed by atoms with Gasteiger partial charge in [0.05, 0.1) is 6.54 Å². The van der Waals surface area contributed by atoms with E-state index < -0.39 is 18.9 Å². The molecule has 0 bridgehead atoms. The van der Waals surface area contributed by atoms with Crippen molar-refractivity contribution in [2.45, 2.75) is 12.3 Å². The highest BCUT2D eigenvalue weighted by Crippen LogP contribution is 2.07. The molecule has 1 aromatic rings. The topological polar surface area (TPSA) is 29.1 Å². The molecule has 1 amide bonds. The van der Waals surface area contributed by atoms with Gasteiger partial charge < -0.3 is 5.32 Å². The molecule has 0 atom stereocenters. The van der Waals surface area contributed by atoms with Gasteiger partial charge in [-0.25, -0.2) is 8.78 Å². The summed E-state index contributed by atoms with van der Waals surface area (Å²) in [6, 6.07) is 6.55. The fourth-order valence-corrected chi connectivity index (χ4v) is 1.23. The van der Waals surface area contributed by atoms with Gasteiger partial charge in [0.15, 0.2) is 0 Å². The molecule has 15 heavy (non-hydrogen) atoms. The second kappa shape index (κ2) is 5.66. The predicted octanol–water partition coefficient (Wildman–Crippen LogP) is 2.42. The summed E-state index contributed by atoms with van der Waals surface area (Å²) in [5, 5.41) is 2.12. The van der Waals surface area contributed by atoms with Crippen molar-refractivity contribution in [1.29, 1.82) is 0 Å². The number of hydrogen-bond acceptors (Lipinski definition) is 1. The van der Waals surface area contributed by atoms with E-state index in [0.717, 1.165) is 5.56 Å². The van der Waals surface area contributed by atoms with E-state index in [1.54, 1.807) is 24.3 Å². The fourth-order valence-electron chi connectivity index (χ4n) is 1.07. The normalized spacial score (nSPS) is 10.4. The molecule has 5 heteroatoms. The molecule has 0 aliphatic carbocycles. The summed E-state index contributed by atoms with van der Waals surface area (Å²) in [7, 11) is 0. The Morgan fingerprint density at radius 1 is 1.47 bits per heavy atom. The molecule has 1 N–H and O–H groups in total. The molecule has 0 fully saturated rings. The van der Waals surface area contributed by atoms with Gasteiger partial charge in [-0.1, -0.05) is 12.1 Å². The maximum atomic E-state index is 11.8. The Hall–Kier alpha value is -1.16. The molecule has 1 rings (SSSR count). The van der Waals surface area contributed by atoms with Gasteiger partial charge in [-0.15, -0.1) is 11.6 Å². The maximum absolute atomic E-state index is 11.8. The average molecular weight is 234 g/mol. The highest BCUT2D eigenvalue weighted by molar-refractivity contribution is 6.17. The first-order chi connectivity index (χ1) is 7.13. The second-order valence-electron chi connectivity index (χ2n) is 2.94. The standard InChI is InChI=1S/C10H10ClF2NO/c11-5-7-2-1-3-8(4-7)10(15)14-6-9(12)13/h1-4,9H,5-6H2,(H,14,15). The minimum atomic E-state index is -2.54. The van der Waals surface area contributed by atoms with Gasteiger partial charge >= 0.3 is 0 Å². The maximum Gasteiger partial charge on any atom is 0.255 e. The summed E-state index contributed by atoms with van der Waals surface area (Å²) >= 11 is 5.58.